The van der Waals surface area contributed by atoms with E-state index in [9.17, 15) is 9.59 Å². The van der Waals surface area contributed by atoms with Crippen LogP contribution in [0.3, 0.4) is 0 Å². The maximum atomic E-state index is 13.2. The Morgan fingerprint density at radius 3 is 2.59 bits per heavy atom. The van der Waals surface area contributed by atoms with Gasteiger partial charge in [-0.3, -0.25) is 14.9 Å². The molecule has 0 saturated carbocycles. The van der Waals surface area contributed by atoms with E-state index in [2.05, 4.69) is 10.3 Å². The van der Waals surface area contributed by atoms with Crippen molar-refractivity contribution in [3.8, 4) is 11.3 Å². The lowest BCUT2D eigenvalue weighted by Crippen LogP contribution is -2.43. The van der Waals surface area contributed by atoms with Crippen molar-refractivity contribution >= 4 is 39.9 Å². The first-order chi connectivity index (χ1) is 14.1. The van der Waals surface area contributed by atoms with E-state index < -0.39 is 6.04 Å². The molecule has 3 aromatic rings. The number of hydrogen-bond acceptors (Lipinski definition) is 4. The monoisotopic (exact) mass is 425 g/mol. The first kappa shape index (κ1) is 19.6. The van der Waals surface area contributed by atoms with Crippen molar-refractivity contribution in [2.45, 2.75) is 25.3 Å². The number of nitrogens with zero attached hydrogens (tertiary/aromatic N) is 2. The smallest absolute Gasteiger partial charge is 0.253 e. The number of amides is 2. The van der Waals surface area contributed by atoms with Crippen molar-refractivity contribution in [2.75, 3.05) is 11.9 Å². The molecule has 1 N–H and O–H groups in total. The van der Waals surface area contributed by atoms with Crippen LogP contribution in [0.1, 0.15) is 30.9 Å². The molecule has 1 aromatic heterocycles. The van der Waals surface area contributed by atoms with E-state index in [1.165, 1.54) is 11.3 Å². The van der Waals surface area contributed by atoms with Crippen LogP contribution in [-0.2, 0) is 9.59 Å². The van der Waals surface area contributed by atoms with Crippen LogP contribution in [0.25, 0.3) is 11.3 Å². The zero-order valence-electron chi connectivity index (χ0n) is 15.7. The molecule has 7 heteroatoms. The lowest BCUT2D eigenvalue weighted by atomic mass is 10.0. The largest absolute Gasteiger partial charge is 0.327 e. The van der Waals surface area contributed by atoms with Crippen LogP contribution in [0.4, 0.5) is 5.13 Å². The van der Waals surface area contributed by atoms with E-state index in [0.717, 1.165) is 29.7 Å². The zero-order chi connectivity index (χ0) is 20.2. The van der Waals surface area contributed by atoms with Crippen LogP contribution in [0.2, 0.25) is 5.02 Å². The molecule has 148 valence electrons. The molecule has 1 atom stereocenters. The summed E-state index contributed by atoms with van der Waals surface area (Å²) >= 11 is 7.30. The van der Waals surface area contributed by atoms with Gasteiger partial charge in [-0.05, 0) is 30.5 Å². The van der Waals surface area contributed by atoms with Crippen molar-refractivity contribution in [1.82, 2.24) is 9.88 Å². The Bertz CT molecular complexity index is 1000. The molecular formula is C22H20ClN3O2S. The number of likely N-dealkylation sites (tertiary alicyclic amines) is 1. The van der Waals surface area contributed by atoms with Crippen LogP contribution in [-0.4, -0.2) is 28.2 Å². The second-order valence-electron chi connectivity index (χ2n) is 6.89. The summed E-state index contributed by atoms with van der Waals surface area (Å²) in [5.41, 5.74) is 2.50. The molecule has 2 heterocycles. The fourth-order valence-corrected chi connectivity index (χ4v) is 4.31. The summed E-state index contributed by atoms with van der Waals surface area (Å²) in [5, 5.41) is 5.97. The van der Waals surface area contributed by atoms with Gasteiger partial charge in [0.1, 0.15) is 6.04 Å². The molecule has 1 saturated heterocycles. The van der Waals surface area contributed by atoms with Crippen molar-refractivity contribution < 1.29 is 9.59 Å². The van der Waals surface area contributed by atoms with Gasteiger partial charge >= 0.3 is 0 Å². The van der Waals surface area contributed by atoms with Crippen molar-refractivity contribution in [1.29, 1.82) is 0 Å². The third-order valence-electron chi connectivity index (χ3n) is 4.91. The van der Waals surface area contributed by atoms with Crippen LogP contribution in [0.5, 0.6) is 0 Å². The fourth-order valence-electron chi connectivity index (χ4n) is 3.47. The number of rotatable bonds is 5. The highest BCUT2D eigenvalue weighted by molar-refractivity contribution is 7.14. The standard InChI is InChI=1S/C22H20ClN3O2S/c23-17-11-9-15(10-12-17)18-14-29-22(24-18)25-21(28)20(16-6-2-1-3-7-16)26-13-5-4-8-19(26)27/h1-3,6-7,9-12,14,20H,4-5,8,13H2,(H,24,25,28). The maximum Gasteiger partial charge on any atom is 0.253 e. The van der Waals surface area contributed by atoms with Gasteiger partial charge in [0.25, 0.3) is 5.91 Å². The Hall–Kier alpha value is -2.70. The Morgan fingerprint density at radius 2 is 1.86 bits per heavy atom. The molecule has 29 heavy (non-hydrogen) atoms. The first-order valence-electron chi connectivity index (χ1n) is 9.48. The van der Waals surface area contributed by atoms with Crippen molar-refractivity contribution in [3.05, 3.63) is 70.6 Å². The lowest BCUT2D eigenvalue weighted by molar-refractivity contribution is -0.141. The maximum absolute atomic E-state index is 13.2. The van der Waals surface area contributed by atoms with Crippen LogP contribution < -0.4 is 5.32 Å². The number of halogens is 1. The number of anilines is 1. The molecular weight excluding hydrogens is 406 g/mol. The highest BCUT2D eigenvalue weighted by Gasteiger charge is 2.33. The summed E-state index contributed by atoms with van der Waals surface area (Å²) < 4.78 is 0. The third kappa shape index (κ3) is 4.49. The number of nitrogens with one attached hydrogen (secondary N) is 1. The molecule has 0 radical (unpaired) electrons. The average molecular weight is 426 g/mol. The van der Waals surface area contributed by atoms with E-state index in [4.69, 9.17) is 11.6 Å². The highest BCUT2D eigenvalue weighted by atomic mass is 35.5. The van der Waals surface area contributed by atoms with E-state index in [-0.39, 0.29) is 11.8 Å². The Labute approximate surface area is 178 Å². The SMILES string of the molecule is O=C(Nc1nc(-c2ccc(Cl)cc2)cs1)C(c1ccccc1)N1CCCCC1=O. The van der Waals surface area contributed by atoms with Gasteiger partial charge in [-0.15, -0.1) is 11.3 Å². The van der Waals surface area contributed by atoms with Gasteiger partial charge in [0.05, 0.1) is 5.69 Å². The van der Waals surface area contributed by atoms with E-state index in [1.807, 2.05) is 60.0 Å². The second-order valence-corrected chi connectivity index (χ2v) is 8.19. The quantitative estimate of drug-likeness (QED) is 0.614. The predicted octanol–water partition coefficient (Wildman–Crippen LogP) is 5.16. The van der Waals surface area contributed by atoms with E-state index >= 15 is 0 Å². The van der Waals surface area contributed by atoms with Gasteiger partial charge in [0.2, 0.25) is 5.91 Å². The molecule has 2 aromatic carbocycles. The fraction of sp³-hybridized carbons (Fsp3) is 0.227. The van der Waals surface area contributed by atoms with Gasteiger partial charge in [0.15, 0.2) is 5.13 Å². The Kier molecular flexibility index (Phi) is 5.92. The highest BCUT2D eigenvalue weighted by Crippen LogP contribution is 2.30. The molecule has 1 fully saturated rings. The Balaban J connectivity index is 1.57. The van der Waals surface area contributed by atoms with Crippen LogP contribution >= 0.6 is 22.9 Å². The number of hydrogen-bond donors (Lipinski definition) is 1. The number of carbonyl (C=O) groups excluding carboxylic acids is 2. The normalized spacial score (nSPS) is 15.2. The molecule has 2 amide bonds. The first-order valence-corrected chi connectivity index (χ1v) is 10.7. The van der Waals surface area contributed by atoms with Gasteiger partial charge in [0, 0.05) is 28.9 Å². The minimum absolute atomic E-state index is 0.0150. The molecule has 0 spiro atoms. The summed E-state index contributed by atoms with van der Waals surface area (Å²) in [6.07, 6.45) is 2.25. The number of benzene rings is 2. The second kappa shape index (κ2) is 8.76. The summed E-state index contributed by atoms with van der Waals surface area (Å²) in [6, 6.07) is 16.2. The van der Waals surface area contributed by atoms with Gasteiger partial charge in [-0.2, -0.15) is 0 Å². The molecule has 4 rings (SSSR count). The molecule has 1 unspecified atom stereocenters. The number of piperidine rings is 1. The lowest BCUT2D eigenvalue weighted by Gasteiger charge is -2.33. The summed E-state index contributed by atoms with van der Waals surface area (Å²) in [7, 11) is 0. The van der Waals surface area contributed by atoms with Gasteiger partial charge in [-0.1, -0.05) is 54.1 Å². The van der Waals surface area contributed by atoms with Crippen LogP contribution in [0.15, 0.2) is 60.0 Å². The van der Waals surface area contributed by atoms with E-state index in [0.29, 0.717) is 23.1 Å². The molecule has 0 bridgehead atoms. The van der Waals surface area contributed by atoms with Crippen molar-refractivity contribution in [3.63, 3.8) is 0 Å². The zero-order valence-corrected chi connectivity index (χ0v) is 17.2. The predicted molar refractivity (Wildman–Crippen MR) is 116 cm³/mol. The van der Waals surface area contributed by atoms with E-state index in [1.54, 1.807) is 4.90 Å². The third-order valence-corrected chi connectivity index (χ3v) is 5.92. The number of thiazole rings is 1. The summed E-state index contributed by atoms with van der Waals surface area (Å²) in [5.74, 6) is -0.232. The topological polar surface area (TPSA) is 62.3 Å². The number of aromatic nitrogens is 1. The molecule has 1 aliphatic rings. The van der Waals surface area contributed by atoms with Gasteiger partial charge in [-0.25, -0.2) is 4.98 Å². The van der Waals surface area contributed by atoms with Crippen molar-refractivity contribution in [2.24, 2.45) is 0 Å². The summed E-state index contributed by atoms with van der Waals surface area (Å²) in [6.45, 7) is 0.583. The molecule has 5 nitrogen and oxygen atoms in total. The summed E-state index contributed by atoms with van der Waals surface area (Å²) in [4.78, 5) is 31.9. The minimum Gasteiger partial charge on any atom is -0.327 e. The Morgan fingerprint density at radius 1 is 1.10 bits per heavy atom. The number of carbonyl (C=O) groups is 2. The average Bonchev–Trinajstić information content (AvgIpc) is 3.19. The molecule has 0 aliphatic carbocycles. The molecule has 1 aliphatic heterocycles. The minimum atomic E-state index is -0.660. The van der Waals surface area contributed by atoms with Crippen LogP contribution in [0, 0.1) is 0 Å². The van der Waals surface area contributed by atoms with Gasteiger partial charge < -0.3 is 4.90 Å².